The highest BCUT2D eigenvalue weighted by Crippen LogP contribution is 2.39. The summed E-state index contributed by atoms with van der Waals surface area (Å²) >= 11 is 0. The van der Waals surface area contributed by atoms with E-state index in [2.05, 4.69) is 9.97 Å². The fourth-order valence-corrected chi connectivity index (χ4v) is 3.94. The van der Waals surface area contributed by atoms with Crippen molar-refractivity contribution in [3.05, 3.63) is 104 Å². The molecule has 0 atom stereocenters. The minimum absolute atomic E-state index is 0.125. The van der Waals surface area contributed by atoms with Gasteiger partial charge in [-0.15, -0.1) is 0 Å². The number of benzene rings is 2. The van der Waals surface area contributed by atoms with E-state index in [1.54, 1.807) is 0 Å². The largest absolute Gasteiger partial charge is 0.416 e. The van der Waals surface area contributed by atoms with Crippen molar-refractivity contribution in [1.82, 2.24) is 9.97 Å². The monoisotopic (exact) mass is 612 g/mol. The molecule has 16 heteroatoms. The number of aromatic amines is 2. The third-order valence-corrected chi connectivity index (χ3v) is 5.91. The lowest BCUT2D eigenvalue weighted by molar-refractivity contribution is -0.144. The number of nitrogens with one attached hydrogen (secondary N) is 2. The van der Waals surface area contributed by atoms with Gasteiger partial charge in [0.2, 0.25) is 0 Å². The molecule has 2 aromatic carbocycles. The van der Waals surface area contributed by atoms with Crippen LogP contribution in [0.15, 0.2) is 70.3 Å². The van der Waals surface area contributed by atoms with Crippen LogP contribution in [-0.2, 0) is 24.7 Å². The molecule has 0 amide bonds. The van der Waals surface area contributed by atoms with E-state index in [-0.39, 0.29) is 23.5 Å². The van der Waals surface area contributed by atoms with Gasteiger partial charge >= 0.3 is 24.7 Å². The molecular formula is C26H12F12N2O2. The van der Waals surface area contributed by atoms with Crippen molar-refractivity contribution >= 4 is 0 Å². The fraction of sp³-hybridized carbons (Fsp3) is 0.154. The molecule has 4 aromatic rings. The molecule has 0 unspecified atom stereocenters. The van der Waals surface area contributed by atoms with E-state index in [1.807, 2.05) is 0 Å². The van der Waals surface area contributed by atoms with Gasteiger partial charge in [-0.3, -0.25) is 9.59 Å². The van der Waals surface area contributed by atoms with Crippen molar-refractivity contribution in [3.63, 3.8) is 0 Å². The second-order valence-electron chi connectivity index (χ2n) is 8.82. The SMILES string of the molecule is O=c1[nH]c(-c2ccc(-c3cc(C(F)(F)F)cc(C(F)(F)F)c3)c(=O)[nH]2)ccc1-c1cc(C(F)(F)F)cc(C(F)(F)F)c1. The van der Waals surface area contributed by atoms with Gasteiger partial charge in [0.05, 0.1) is 33.6 Å². The van der Waals surface area contributed by atoms with Gasteiger partial charge in [0.25, 0.3) is 11.1 Å². The second kappa shape index (κ2) is 10.1. The number of H-pyrrole nitrogens is 2. The third kappa shape index (κ3) is 6.36. The molecular weight excluding hydrogens is 600 g/mol. The van der Waals surface area contributed by atoms with Gasteiger partial charge < -0.3 is 9.97 Å². The number of hydrogen-bond acceptors (Lipinski definition) is 2. The molecule has 0 spiro atoms. The van der Waals surface area contributed by atoms with Gasteiger partial charge in [0, 0.05) is 11.1 Å². The molecule has 0 aliphatic carbocycles. The molecule has 0 bridgehead atoms. The summed E-state index contributed by atoms with van der Waals surface area (Å²) < 4.78 is 158. The molecule has 0 saturated heterocycles. The van der Waals surface area contributed by atoms with E-state index in [1.165, 1.54) is 0 Å². The van der Waals surface area contributed by atoms with Gasteiger partial charge in [-0.05, 0) is 71.8 Å². The maximum absolute atomic E-state index is 13.2. The molecule has 222 valence electrons. The van der Waals surface area contributed by atoms with Crippen molar-refractivity contribution in [2.75, 3.05) is 0 Å². The molecule has 2 aromatic heterocycles. The molecule has 42 heavy (non-hydrogen) atoms. The quantitative estimate of drug-likeness (QED) is 0.230. The van der Waals surface area contributed by atoms with E-state index in [4.69, 9.17) is 0 Å². The predicted octanol–water partition coefficient (Wildman–Crippen LogP) is 8.14. The fourth-order valence-electron chi connectivity index (χ4n) is 3.94. The molecule has 4 rings (SSSR count). The molecule has 2 heterocycles. The summed E-state index contributed by atoms with van der Waals surface area (Å²) in [4.78, 5) is 29.6. The first kappa shape index (κ1) is 30.5. The predicted molar refractivity (Wildman–Crippen MR) is 124 cm³/mol. The van der Waals surface area contributed by atoms with Crippen LogP contribution in [0.1, 0.15) is 22.3 Å². The first-order valence-corrected chi connectivity index (χ1v) is 11.2. The van der Waals surface area contributed by atoms with Crippen molar-refractivity contribution in [2.45, 2.75) is 24.7 Å². The molecule has 4 nitrogen and oxygen atoms in total. The average molecular weight is 612 g/mol. The lowest BCUT2D eigenvalue weighted by Crippen LogP contribution is -2.15. The Balaban J connectivity index is 1.77. The highest BCUT2D eigenvalue weighted by Gasteiger charge is 2.38. The number of halogens is 12. The zero-order chi connectivity index (χ0) is 31.4. The Morgan fingerprint density at radius 1 is 0.405 bits per heavy atom. The van der Waals surface area contributed by atoms with Crippen LogP contribution in [0.5, 0.6) is 0 Å². The smallest absolute Gasteiger partial charge is 0.320 e. The van der Waals surface area contributed by atoms with Gasteiger partial charge in [-0.2, -0.15) is 52.7 Å². The lowest BCUT2D eigenvalue weighted by atomic mass is 9.99. The van der Waals surface area contributed by atoms with Crippen LogP contribution in [-0.4, -0.2) is 9.97 Å². The molecule has 0 saturated carbocycles. The van der Waals surface area contributed by atoms with Gasteiger partial charge in [-0.1, -0.05) is 0 Å². The van der Waals surface area contributed by atoms with Crippen LogP contribution in [0.3, 0.4) is 0 Å². The number of aromatic nitrogens is 2. The summed E-state index contributed by atoms with van der Waals surface area (Å²) in [5, 5.41) is 0. The van der Waals surface area contributed by atoms with E-state index < -0.39 is 80.3 Å². The van der Waals surface area contributed by atoms with Crippen molar-refractivity contribution in [3.8, 4) is 33.6 Å². The molecule has 0 aliphatic rings. The maximum atomic E-state index is 13.2. The highest BCUT2D eigenvalue weighted by molar-refractivity contribution is 5.70. The Kier molecular flexibility index (Phi) is 7.32. The standard InChI is InChI=1S/C26H12F12N2O2/c27-23(28,29)13-5-11(6-14(9-13)24(30,31)32)17-1-3-19(39-21(17)41)20-4-2-18(22(42)40-20)12-7-15(25(33,34)35)10-16(8-12)26(36,37)38/h1-10H,(H,39,41)(H,40,42). The van der Waals surface area contributed by atoms with E-state index in [0.29, 0.717) is 24.3 Å². The molecule has 0 radical (unpaired) electrons. The van der Waals surface area contributed by atoms with Crippen LogP contribution >= 0.6 is 0 Å². The number of hydrogen-bond donors (Lipinski definition) is 2. The van der Waals surface area contributed by atoms with Crippen LogP contribution in [0.25, 0.3) is 33.6 Å². The van der Waals surface area contributed by atoms with Crippen LogP contribution in [0.2, 0.25) is 0 Å². The summed E-state index contributed by atoms with van der Waals surface area (Å²) in [7, 11) is 0. The topological polar surface area (TPSA) is 65.7 Å². The Labute approximate surface area is 225 Å². The normalized spacial score (nSPS) is 13.0. The summed E-state index contributed by atoms with van der Waals surface area (Å²) in [6.07, 6.45) is -20.7. The summed E-state index contributed by atoms with van der Waals surface area (Å²) in [5.41, 5.74) is -12.1. The van der Waals surface area contributed by atoms with E-state index in [0.717, 1.165) is 24.3 Å². The number of alkyl halides is 12. The zero-order valence-electron chi connectivity index (χ0n) is 20.1. The minimum Gasteiger partial charge on any atom is -0.320 e. The van der Waals surface area contributed by atoms with E-state index >= 15 is 0 Å². The Bertz CT molecular complexity index is 1580. The summed E-state index contributed by atoms with van der Waals surface area (Å²) in [6.45, 7) is 0. The van der Waals surface area contributed by atoms with Crippen molar-refractivity contribution in [1.29, 1.82) is 0 Å². The van der Waals surface area contributed by atoms with Crippen LogP contribution < -0.4 is 11.1 Å². The lowest BCUT2D eigenvalue weighted by Gasteiger charge is -2.15. The molecule has 0 fully saturated rings. The molecule has 2 N–H and O–H groups in total. The number of pyridine rings is 2. The zero-order valence-corrected chi connectivity index (χ0v) is 20.1. The minimum atomic E-state index is -5.18. The number of rotatable bonds is 3. The highest BCUT2D eigenvalue weighted by atomic mass is 19.4. The summed E-state index contributed by atoms with van der Waals surface area (Å²) in [6, 6.07) is 4.86. The summed E-state index contributed by atoms with van der Waals surface area (Å²) in [5.74, 6) is 0. The van der Waals surface area contributed by atoms with Crippen LogP contribution in [0.4, 0.5) is 52.7 Å². The van der Waals surface area contributed by atoms with Crippen LogP contribution in [0, 0.1) is 0 Å². The Hall–Kier alpha value is -4.50. The third-order valence-electron chi connectivity index (χ3n) is 5.91. The van der Waals surface area contributed by atoms with Crippen molar-refractivity contribution in [2.24, 2.45) is 0 Å². The second-order valence-corrected chi connectivity index (χ2v) is 8.82. The maximum Gasteiger partial charge on any atom is 0.416 e. The van der Waals surface area contributed by atoms with Gasteiger partial charge in [-0.25, -0.2) is 0 Å². The first-order valence-electron chi connectivity index (χ1n) is 11.2. The Morgan fingerprint density at radius 3 is 0.881 bits per heavy atom. The molecule has 0 aliphatic heterocycles. The first-order chi connectivity index (χ1) is 19.1. The Morgan fingerprint density at radius 2 is 0.667 bits per heavy atom. The van der Waals surface area contributed by atoms with Crippen molar-refractivity contribution < 1.29 is 52.7 Å². The average Bonchev–Trinajstić information content (AvgIpc) is 2.86. The van der Waals surface area contributed by atoms with Gasteiger partial charge in [0.15, 0.2) is 0 Å². The van der Waals surface area contributed by atoms with E-state index in [9.17, 15) is 62.3 Å². The van der Waals surface area contributed by atoms with Gasteiger partial charge in [0.1, 0.15) is 0 Å².